The lowest BCUT2D eigenvalue weighted by Crippen LogP contribution is -2.13. The van der Waals surface area contributed by atoms with Crippen molar-refractivity contribution >= 4 is 15.7 Å². The van der Waals surface area contributed by atoms with Gasteiger partial charge in [0.1, 0.15) is 10.6 Å². The summed E-state index contributed by atoms with van der Waals surface area (Å²) in [5.41, 5.74) is 0.992. The predicted octanol–water partition coefficient (Wildman–Crippen LogP) is 1.66. The van der Waals surface area contributed by atoms with Crippen LogP contribution in [0.2, 0.25) is 0 Å². The predicted molar refractivity (Wildman–Crippen MR) is 80.4 cm³/mol. The Morgan fingerprint density at radius 1 is 1.45 bits per heavy atom. The highest BCUT2D eigenvalue weighted by Gasteiger charge is 2.23. The topological polar surface area (TPSA) is 93.5 Å². The standard InChI is InChI=1S/C14H17N3O4S/c1-10-2-3-14(18)13(6-10)16-22(19,20)12-7-15-17(8-12)11-4-5-21-9-11/h2-3,6-8,11,16,18H,4-5,9H2,1H3. The molecule has 7 nitrogen and oxygen atoms in total. The second-order valence-corrected chi connectivity index (χ2v) is 6.98. The van der Waals surface area contributed by atoms with Gasteiger partial charge in [0, 0.05) is 12.8 Å². The third-order valence-electron chi connectivity index (χ3n) is 3.56. The van der Waals surface area contributed by atoms with E-state index in [0.717, 1.165) is 12.0 Å². The van der Waals surface area contributed by atoms with Crippen LogP contribution in [0.5, 0.6) is 5.75 Å². The van der Waals surface area contributed by atoms with Crippen molar-refractivity contribution in [3.05, 3.63) is 36.2 Å². The van der Waals surface area contributed by atoms with E-state index < -0.39 is 10.0 Å². The molecule has 22 heavy (non-hydrogen) atoms. The monoisotopic (exact) mass is 323 g/mol. The molecule has 0 saturated carbocycles. The molecule has 1 atom stereocenters. The van der Waals surface area contributed by atoms with E-state index in [2.05, 4.69) is 9.82 Å². The van der Waals surface area contributed by atoms with Crippen molar-refractivity contribution in [3.8, 4) is 5.75 Å². The molecular formula is C14H17N3O4S. The number of phenols is 1. The molecule has 1 aromatic carbocycles. The van der Waals surface area contributed by atoms with E-state index >= 15 is 0 Å². The number of nitrogens with one attached hydrogen (secondary N) is 1. The Balaban J connectivity index is 1.85. The summed E-state index contributed by atoms with van der Waals surface area (Å²) < 4.78 is 34.0. The Bertz CT molecular complexity index is 779. The molecular weight excluding hydrogens is 306 g/mol. The minimum atomic E-state index is -3.80. The second-order valence-electron chi connectivity index (χ2n) is 5.30. The molecule has 1 saturated heterocycles. The fourth-order valence-corrected chi connectivity index (χ4v) is 3.33. The summed E-state index contributed by atoms with van der Waals surface area (Å²) in [6.07, 6.45) is 3.59. The van der Waals surface area contributed by atoms with Crippen molar-refractivity contribution in [1.82, 2.24) is 9.78 Å². The molecule has 0 spiro atoms. The molecule has 1 aromatic heterocycles. The SMILES string of the molecule is Cc1ccc(O)c(NS(=O)(=O)c2cnn(C3CCOC3)c2)c1. The molecule has 1 unspecified atom stereocenters. The minimum absolute atomic E-state index is 0.0558. The lowest BCUT2D eigenvalue weighted by atomic mass is 10.2. The summed E-state index contributed by atoms with van der Waals surface area (Å²) in [4.78, 5) is 0.0558. The lowest BCUT2D eigenvalue weighted by molar-refractivity contribution is 0.184. The van der Waals surface area contributed by atoms with Crippen molar-refractivity contribution in [2.45, 2.75) is 24.3 Å². The summed E-state index contributed by atoms with van der Waals surface area (Å²) in [7, 11) is -3.80. The van der Waals surface area contributed by atoms with Crippen molar-refractivity contribution < 1.29 is 18.3 Å². The number of anilines is 1. The van der Waals surface area contributed by atoms with Crippen molar-refractivity contribution in [2.75, 3.05) is 17.9 Å². The van der Waals surface area contributed by atoms with Crippen LogP contribution >= 0.6 is 0 Å². The number of benzene rings is 1. The third kappa shape index (κ3) is 2.93. The van der Waals surface area contributed by atoms with E-state index in [0.29, 0.717) is 13.2 Å². The number of aromatic nitrogens is 2. The fourth-order valence-electron chi connectivity index (χ4n) is 2.33. The molecule has 2 aromatic rings. The summed E-state index contributed by atoms with van der Waals surface area (Å²) in [5.74, 6) is -0.120. The Hall–Kier alpha value is -2.06. The summed E-state index contributed by atoms with van der Waals surface area (Å²) in [6.45, 7) is 3.00. The van der Waals surface area contributed by atoms with Crippen LogP contribution in [0.4, 0.5) is 5.69 Å². The summed E-state index contributed by atoms with van der Waals surface area (Å²) in [6, 6.07) is 4.79. The molecule has 0 amide bonds. The van der Waals surface area contributed by atoms with E-state index in [1.807, 2.05) is 6.92 Å². The van der Waals surface area contributed by atoms with Gasteiger partial charge in [0.05, 0.1) is 24.5 Å². The normalized spacial score (nSPS) is 18.5. The van der Waals surface area contributed by atoms with Crippen molar-refractivity contribution in [3.63, 3.8) is 0 Å². The minimum Gasteiger partial charge on any atom is -0.506 e. The number of hydrogen-bond donors (Lipinski definition) is 2. The van der Waals surface area contributed by atoms with Crippen LogP contribution in [0.1, 0.15) is 18.0 Å². The van der Waals surface area contributed by atoms with E-state index in [-0.39, 0.29) is 22.4 Å². The Labute approximate surface area is 128 Å². The van der Waals surface area contributed by atoms with Gasteiger partial charge in [0.15, 0.2) is 0 Å². The van der Waals surface area contributed by atoms with Gasteiger partial charge in [-0.15, -0.1) is 0 Å². The van der Waals surface area contributed by atoms with Crippen molar-refractivity contribution in [2.24, 2.45) is 0 Å². The van der Waals surface area contributed by atoms with Gasteiger partial charge < -0.3 is 9.84 Å². The maximum Gasteiger partial charge on any atom is 0.265 e. The number of hydrogen-bond acceptors (Lipinski definition) is 5. The van der Waals surface area contributed by atoms with Crippen LogP contribution in [-0.2, 0) is 14.8 Å². The quantitative estimate of drug-likeness (QED) is 0.835. The van der Waals surface area contributed by atoms with Crippen LogP contribution < -0.4 is 4.72 Å². The highest BCUT2D eigenvalue weighted by atomic mass is 32.2. The molecule has 1 aliphatic heterocycles. The first kappa shape index (κ1) is 14.9. The van der Waals surface area contributed by atoms with Gasteiger partial charge in [-0.25, -0.2) is 8.42 Å². The number of sulfonamides is 1. The molecule has 8 heteroatoms. The van der Waals surface area contributed by atoms with Gasteiger partial charge in [-0.05, 0) is 31.0 Å². The van der Waals surface area contributed by atoms with Crippen LogP contribution in [0.15, 0.2) is 35.5 Å². The zero-order valence-corrected chi connectivity index (χ0v) is 12.9. The van der Waals surface area contributed by atoms with Crippen LogP contribution in [0, 0.1) is 6.92 Å². The smallest absolute Gasteiger partial charge is 0.265 e. The molecule has 0 radical (unpaired) electrons. The van der Waals surface area contributed by atoms with Gasteiger partial charge in [-0.2, -0.15) is 5.10 Å². The molecule has 0 bridgehead atoms. The number of aryl methyl sites for hydroxylation is 1. The number of ether oxygens (including phenoxy) is 1. The lowest BCUT2D eigenvalue weighted by Gasteiger charge is -2.09. The summed E-state index contributed by atoms with van der Waals surface area (Å²) >= 11 is 0. The molecule has 2 heterocycles. The van der Waals surface area contributed by atoms with Gasteiger partial charge >= 0.3 is 0 Å². The number of nitrogens with zero attached hydrogens (tertiary/aromatic N) is 2. The first-order chi connectivity index (χ1) is 10.5. The molecule has 1 aliphatic rings. The van der Waals surface area contributed by atoms with Gasteiger partial charge in [0.2, 0.25) is 0 Å². The first-order valence-electron chi connectivity index (χ1n) is 6.90. The molecule has 3 rings (SSSR count). The van der Waals surface area contributed by atoms with E-state index in [1.165, 1.54) is 18.5 Å². The van der Waals surface area contributed by atoms with E-state index in [1.54, 1.807) is 16.8 Å². The average Bonchev–Trinajstić information content (AvgIpc) is 3.12. The Morgan fingerprint density at radius 3 is 3.00 bits per heavy atom. The largest absolute Gasteiger partial charge is 0.506 e. The third-order valence-corrected chi connectivity index (χ3v) is 4.88. The van der Waals surface area contributed by atoms with Gasteiger partial charge in [-0.3, -0.25) is 9.40 Å². The molecule has 118 valence electrons. The number of rotatable bonds is 4. The van der Waals surface area contributed by atoms with Gasteiger partial charge in [0.25, 0.3) is 10.0 Å². The molecule has 1 fully saturated rings. The maximum atomic E-state index is 12.4. The number of phenolic OH excluding ortho intramolecular Hbond substituents is 1. The molecule has 0 aliphatic carbocycles. The number of aromatic hydroxyl groups is 1. The maximum absolute atomic E-state index is 12.4. The highest BCUT2D eigenvalue weighted by molar-refractivity contribution is 7.92. The van der Waals surface area contributed by atoms with Crippen LogP contribution in [-0.4, -0.2) is 36.5 Å². The Morgan fingerprint density at radius 2 is 2.27 bits per heavy atom. The second kappa shape index (κ2) is 5.62. The highest BCUT2D eigenvalue weighted by Crippen LogP contribution is 2.27. The molecule has 2 N–H and O–H groups in total. The fraction of sp³-hybridized carbons (Fsp3) is 0.357. The first-order valence-corrected chi connectivity index (χ1v) is 8.38. The van der Waals surface area contributed by atoms with E-state index in [4.69, 9.17) is 4.74 Å². The zero-order chi connectivity index (χ0) is 15.7. The summed E-state index contributed by atoms with van der Waals surface area (Å²) in [5, 5.41) is 13.9. The average molecular weight is 323 g/mol. The van der Waals surface area contributed by atoms with Crippen LogP contribution in [0.25, 0.3) is 0 Å². The zero-order valence-electron chi connectivity index (χ0n) is 12.1. The van der Waals surface area contributed by atoms with Gasteiger partial charge in [-0.1, -0.05) is 6.07 Å². The van der Waals surface area contributed by atoms with Crippen molar-refractivity contribution in [1.29, 1.82) is 0 Å². The van der Waals surface area contributed by atoms with Crippen LogP contribution in [0.3, 0.4) is 0 Å². The van der Waals surface area contributed by atoms with E-state index in [9.17, 15) is 13.5 Å². The Kier molecular flexibility index (Phi) is 3.79.